The second-order valence-corrected chi connectivity index (χ2v) is 4.85. The molecule has 5 nitrogen and oxygen atoms in total. The van der Waals surface area contributed by atoms with Crippen molar-refractivity contribution in [3.05, 3.63) is 0 Å². The number of hydrogen-bond donors (Lipinski definition) is 1. The number of carboxylic acid groups (broad SMARTS) is 1. The lowest BCUT2D eigenvalue weighted by Crippen LogP contribution is -2.57. The molecule has 5 heteroatoms. The summed E-state index contributed by atoms with van der Waals surface area (Å²) in [5.41, 5.74) is 0. The van der Waals surface area contributed by atoms with Crippen molar-refractivity contribution in [1.29, 1.82) is 0 Å². The molecule has 0 amide bonds. The maximum Gasteiger partial charge on any atom is 0.320 e. The molecule has 1 fully saturated rings. The van der Waals surface area contributed by atoms with Gasteiger partial charge in [0.15, 0.2) is 0 Å². The number of nitrogens with zero attached hydrogens (tertiary/aromatic N) is 2. The third-order valence-electron chi connectivity index (χ3n) is 3.80. The minimum absolute atomic E-state index is 0.330. The predicted molar refractivity (Wildman–Crippen MR) is 70.8 cm³/mol. The molecule has 0 aromatic rings. The van der Waals surface area contributed by atoms with Crippen LogP contribution in [0.2, 0.25) is 0 Å². The first-order valence-electron chi connectivity index (χ1n) is 6.83. The molecule has 1 aliphatic heterocycles. The predicted octanol–water partition coefficient (Wildman–Crippen LogP) is 0.892. The van der Waals surface area contributed by atoms with Gasteiger partial charge in [-0.1, -0.05) is 13.8 Å². The normalized spacial score (nSPS) is 24.1. The van der Waals surface area contributed by atoms with Gasteiger partial charge in [-0.25, -0.2) is 0 Å². The maximum absolute atomic E-state index is 11.2. The van der Waals surface area contributed by atoms with E-state index in [4.69, 9.17) is 4.74 Å². The molecular weight excluding hydrogens is 232 g/mol. The summed E-state index contributed by atoms with van der Waals surface area (Å²) in [6, 6.07) is 0.117. The molecule has 0 spiro atoms. The molecule has 1 rings (SSSR count). The molecule has 1 aliphatic rings. The largest absolute Gasteiger partial charge is 0.480 e. The molecule has 0 radical (unpaired) electrons. The number of hydrogen-bond acceptors (Lipinski definition) is 4. The zero-order valence-corrected chi connectivity index (χ0v) is 11.8. The standard InChI is InChI=1S/C13H26N2O3/c1-4-11-10-15(12(5-2)13(16)17)7-6-14(11)8-9-18-3/h11-12H,4-10H2,1-3H3,(H,16,17)/t11-,12-/m0/s1. The monoisotopic (exact) mass is 258 g/mol. The van der Waals surface area contributed by atoms with Crippen molar-refractivity contribution in [3.63, 3.8) is 0 Å². The number of carbonyl (C=O) groups is 1. The molecule has 0 aromatic heterocycles. The van der Waals surface area contributed by atoms with Crippen molar-refractivity contribution < 1.29 is 14.6 Å². The first kappa shape index (κ1) is 15.4. The van der Waals surface area contributed by atoms with Crippen molar-refractivity contribution in [3.8, 4) is 0 Å². The average molecular weight is 258 g/mol. The van der Waals surface area contributed by atoms with E-state index in [9.17, 15) is 9.90 Å². The molecule has 0 aliphatic carbocycles. The Kier molecular flexibility index (Phi) is 6.60. The lowest BCUT2D eigenvalue weighted by Gasteiger charge is -2.43. The Hall–Kier alpha value is -0.650. The molecule has 106 valence electrons. The highest BCUT2D eigenvalue weighted by Crippen LogP contribution is 2.16. The zero-order chi connectivity index (χ0) is 13.5. The van der Waals surface area contributed by atoms with Crippen LogP contribution < -0.4 is 0 Å². The van der Waals surface area contributed by atoms with Crippen LogP contribution in [0.15, 0.2) is 0 Å². The summed E-state index contributed by atoms with van der Waals surface area (Å²) >= 11 is 0. The number of aliphatic carboxylic acids is 1. The van der Waals surface area contributed by atoms with Crippen molar-refractivity contribution in [2.45, 2.75) is 38.8 Å². The van der Waals surface area contributed by atoms with Crippen LogP contribution >= 0.6 is 0 Å². The van der Waals surface area contributed by atoms with Gasteiger partial charge in [-0.2, -0.15) is 0 Å². The van der Waals surface area contributed by atoms with Gasteiger partial charge in [-0.3, -0.25) is 14.6 Å². The molecule has 1 heterocycles. The van der Waals surface area contributed by atoms with E-state index in [-0.39, 0.29) is 6.04 Å². The molecule has 0 unspecified atom stereocenters. The fourth-order valence-corrected chi connectivity index (χ4v) is 2.68. The van der Waals surface area contributed by atoms with Gasteiger partial charge in [0, 0.05) is 39.3 Å². The van der Waals surface area contributed by atoms with E-state index in [0.717, 1.165) is 39.2 Å². The highest BCUT2D eigenvalue weighted by molar-refractivity contribution is 5.73. The Morgan fingerprint density at radius 2 is 2.17 bits per heavy atom. The zero-order valence-electron chi connectivity index (χ0n) is 11.8. The third-order valence-corrected chi connectivity index (χ3v) is 3.80. The lowest BCUT2D eigenvalue weighted by molar-refractivity contribution is -0.144. The molecule has 1 saturated heterocycles. The van der Waals surface area contributed by atoms with Crippen molar-refractivity contribution in [1.82, 2.24) is 9.80 Å². The SMILES string of the molecule is CC[C@H]1CN([C@@H](CC)C(=O)O)CCN1CCOC. The quantitative estimate of drug-likeness (QED) is 0.735. The Morgan fingerprint density at radius 3 is 2.67 bits per heavy atom. The van der Waals surface area contributed by atoms with Crippen LogP contribution in [-0.2, 0) is 9.53 Å². The van der Waals surface area contributed by atoms with E-state index < -0.39 is 5.97 Å². The molecule has 0 aromatic carbocycles. The minimum atomic E-state index is -0.697. The number of ether oxygens (including phenoxy) is 1. The molecule has 0 saturated carbocycles. The van der Waals surface area contributed by atoms with Gasteiger partial charge >= 0.3 is 5.97 Å². The van der Waals surface area contributed by atoms with Crippen molar-refractivity contribution in [2.24, 2.45) is 0 Å². The Balaban J connectivity index is 2.56. The van der Waals surface area contributed by atoms with Gasteiger partial charge in [-0.15, -0.1) is 0 Å². The van der Waals surface area contributed by atoms with Gasteiger partial charge in [0.1, 0.15) is 6.04 Å². The van der Waals surface area contributed by atoms with Gasteiger partial charge in [0.25, 0.3) is 0 Å². The number of piperazine rings is 1. The van der Waals surface area contributed by atoms with E-state index in [1.807, 2.05) is 6.92 Å². The second kappa shape index (κ2) is 7.71. The van der Waals surface area contributed by atoms with Crippen LogP contribution in [0.3, 0.4) is 0 Å². The van der Waals surface area contributed by atoms with Gasteiger partial charge in [-0.05, 0) is 12.8 Å². The summed E-state index contributed by atoms with van der Waals surface area (Å²) in [7, 11) is 1.72. The number of rotatable bonds is 7. The van der Waals surface area contributed by atoms with Gasteiger partial charge < -0.3 is 9.84 Å². The average Bonchev–Trinajstić information content (AvgIpc) is 2.37. The summed E-state index contributed by atoms with van der Waals surface area (Å²) in [5, 5.41) is 9.22. The Labute approximate surface area is 110 Å². The van der Waals surface area contributed by atoms with Crippen LogP contribution in [0.4, 0.5) is 0 Å². The van der Waals surface area contributed by atoms with E-state index in [0.29, 0.717) is 12.5 Å². The molecule has 2 atom stereocenters. The Morgan fingerprint density at radius 1 is 1.44 bits per heavy atom. The van der Waals surface area contributed by atoms with Crippen molar-refractivity contribution in [2.75, 3.05) is 39.9 Å². The van der Waals surface area contributed by atoms with Crippen LogP contribution in [0, 0.1) is 0 Å². The summed E-state index contributed by atoms with van der Waals surface area (Å²) < 4.78 is 5.12. The van der Waals surface area contributed by atoms with E-state index >= 15 is 0 Å². The molecular formula is C13H26N2O3. The topological polar surface area (TPSA) is 53.0 Å². The minimum Gasteiger partial charge on any atom is -0.480 e. The summed E-state index contributed by atoms with van der Waals surface area (Å²) in [6.07, 6.45) is 1.72. The lowest BCUT2D eigenvalue weighted by atomic mass is 10.1. The fourth-order valence-electron chi connectivity index (χ4n) is 2.68. The molecule has 18 heavy (non-hydrogen) atoms. The summed E-state index contributed by atoms with van der Waals surface area (Å²) in [5.74, 6) is -0.697. The highest BCUT2D eigenvalue weighted by Gasteiger charge is 2.31. The van der Waals surface area contributed by atoms with Gasteiger partial charge in [0.2, 0.25) is 0 Å². The first-order chi connectivity index (χ1) is 8.63. The molecule has 1 N–H and O–H groups in total. The van der Waals surface area contributed by atoms with Crippen molar-refractivity contribution >= 4 is 5.97 Å². The number of carboxylic acids is 1. The molecule has 0 bridgehead atoms. The highest BCUT2D eigenvalue weighted by atomic mass is 16.5. The van der Waals surface area contributed by atoms with Gasteiger partial charge in [0.05, 0.1) is 6.61 Å². The van der Waals surface area contributed by atoms with E-state index in [2.05, 4.69) is 16.7 Å². The first-order valence-corrected chi connectivity index (χ1v) is 6.83. The number of methoxy groups -OCH3 is 1. The van der Waals surface area contributed by atoms with Crippen LogP contribution in [-0.4, -0.2) is 72.9 Å². The van der Waals surface area contributed by atoms with Crippen LogP contribution in [0.1, 0.15) is 26.7 Å². The van der Waals surface area contributed by atoms with E-state index in [1.165, 1.54) is 0 Å². The van der Waals surface area contributed by atoms with Crippen LogP contribution in [0.25, 0.3) is 0 Å². The second-order valence-electron chi connectivity index (χ2n) is 4.85. The maximum atomic E-state index is 11.2. The smallest absolute Gasteiger partial charge is 0.320 e. The third kappa shape index (κ3) is 3.93. The Bertz CT molecular complexity index is 261. The summed E-state index contributed by atoms with van der Waals surface area (Å²) in [6.45, 7) is 8.41. The fraction of sp³-hybridized carbons (Fsp3) is 0.923. The van der Waals surface area contributed by atoms with E-state index in [1.54, 1.807) is 7.11 Å². The van der Waals surface area contributed by atoms with Crippen LogP contribution in [0.5, 0.6) is 0 Å². The summed E-state index contributed by atoms with van der Waals surface area (Å²) in [4.78, 5) is 15.7.